The Morgan fingerprint density at radius 3 is 2.22 bits per heavy atom. The Labute approximate surface area is 186 Å². The fourth-order valence-electron chi connectivity index (χ4n) is 5.21. The standard InChI is InChI=1S/C26H24O6/c1-29-18-11-9-17(10-12-18)26-20(16-7-5-4-6-8-16)15-23(27)25(26,28)24-21(31-3)13-19(30-2)14-22(24)32-26/h4-14,20,28H,15H2,1-3H3/t20-,25-,26+/m1/s1. The third-order valence-electron chi connectivity index (χ3n) is 6.67. The smallest absolute Gasteiger partial charge is 0.200 e. The molecule has 164 valence electrons. The van der Waals surface area contributed by atoms with Gasteiger partial charge in [-0.05, 0) is 17.7 Å². The maximum atomic E-state index is 13.6. The Morgan fingerprint density at radius 1 is 0.906 bits per heavy atom. The molecular weight excluding hydrogens is 408 g/mol. The van der Waals surface area contributed by atoms with E-state index in [9.17, 15) is 9.90 Å². The molecule has 0 bridgehead atoms. The quantitative estimate of drug-likeness (QED) is 0.658. The Hall–Kier alpha value is -3.51. The molecule has 3 aromatic rings. The van der Waals surface area contributed by atoms with Gasteiger partial charge in [0.15, 0.2) is 17.0 Å². The van der Waals surface area contributed by atoms with Crippen molar-refractivity contribution in [2.24, 2.45) is 0 Å². The van der Waals surface area contributed by atoms with Gasteiger partial charge in [-0.25, -0.2) is 0 Å². The SMILES string of the molecule is COc1ccc([C@@]23Oc4cc(OC)cc(OC)c4[C@]2(O)C(=O)C[C@@H]3c2ccccc2)cc1. The lowest BCUT2D eigenvalue weighted by atomic mass is 9.71. The summed E-state index contributed by atoms with van der Waals surface area (Å²) < 4.78 is 22.9. The molecule has 0 aromatic heterocycles. The molecule has 1 aliphatic carbocycles. The average molecular weight is 432 g/mol. The highest BCUT2D eigenvalue weighted by atomic mass is 16.5. The summed E-state index contributed by atoms with van der Waals surface area (Å²) in [6.45, 7) is 0. The van der Waals surface area contributed by atoms with Gasteiger partial charge in [-0.15, -0.1) is 0 Å². The Balaban J connectivity index is 1.81. The summed E-state index contributed by atoms with van der Waals surface area (Å²) in [5.74, 6) is 1.16. The number of Topliss-reactive ketones (excluding diaryl/α,β-unsaturated/α-hetero) is 1. The van der Waals surface area contributed by atoms with Gasteiger partial charge in [0.2, 0.25) is 0 Å². The van der Waals surface area contributed by atoms with Crippen LogP contribution in [0.3, 0.4) is 0 Å². The Morgan fingerprint density at radius 2 is 1.59 bits per heavy atom. The molecule has 6 nitrogen and oxygen atoms in total. The van der Waals surface area contributed by atoms with Crippen LogP contribution in [0, 0.1) is 0 Å². The fourth-order valence-corrected chi connectivity index (χ4v) is 5.21. The van der Waals surface area contributed by atoms with E-state index in [1.165, 1.54) is 7.11 Å². The highest BCUT2D eigenvalue weighted by molar-refractivity contribution is 5.97. The molecule has 6 heteroatoms. The third-order valence-corrected chi connectivity index (χ3v) is 6.67. The van der Waals surface area contributed by atoms with Crippen LogP contribution < -0.4 is 18.9 Å². The van der Waals surface area contributed by atoms with Crippen LogP contribution >= 0.6 is 0 Å². The van der Waals surface area contributed by atoms with Crippen LogP contribution in [0.2, 0.25) is 0 Å². The fraction of sp³-hybridized carbons (Fsp3) is 0.269. The molecule has 1 fully saturated rings. The maximum Gasteiger partial charge on any atom is 0.200 e. The first kappa shape index (κ1) is 20.4. The average Bonchev–Trinajstić information content (AvgIpc) is 3.24. The first-order chi connectivity index (χ1) is 15.5. The van der Waals surface area contributed by atoms with E-state index >= 15 is 0 Å². The van der Waals surface area contributed by atoms with E-state index in [1.54, 1.807) is 38.5 Å². The van der Waals surface area contributed by atoms with E-state index in [4.69, 9.17) is 18.9 Å². The summed E-state index contributed by atoms with van der Waals surface area (Å²) in [5, 5.41) is 12.3. The summed E-state index contributed by atoms with van der Waals surface area (Å²) in [6, 6.07) is 20.3. The Bertz CT molecular complexity index is 1170. The largest absolute Gasteiger partial charge is 0.497 e. The number of hydrogen-bond donors (Lipinski definition) is 1. The van der Waals surface area contributed by atoms with Crippen LogP contribution in [-0.2, 0) is 16.0 Å². The number of ether oxygens (including phenoxy) is 4. The van der Waals surface area contributed by atoms with Crippen molar-refractivity contribution in [1.82, 2.24) is 0 Å². The van der Waals surface area contributed by atoms with Crippen molar-refractivity contribution in [3.8, 4) is 23.0 Å². The van der Waals surface area contributed by atoms with E-state index in [2.05, 4.69) is 0 Å². The lowest BCUT2D eigenvalue weighted by Gasteiger charge is -2.39. The molecule has 0 amide bonds. The van der Waals surface area contributed by atoms with E-state index in [1.807, 2.05) is 42.5 Å². The number of aliphatic hydroxyl groups is 1. The maximum absolute atomic E-state index is 13.6. The van der Waals surface area contributed by atoms with Crippen LogP contribution in [-0.4, -0.2) is 32.2 Å². The number of ketones is 1. The molecule has 5 rings (SSSR count). The third kappa shape index (κ3) is 2.53. The first-order valence-corrected chi connectivity index (χ1v) is 10.4. The highest BCUT2D eigenvalue weighted by Gasteiger charge is 2.74. The second-order valence-electron chi connectivity index (χ2n) is 8.07. The van der Waals surface area contributed by atoms with Crippen LogP contribution in [0.4, 0.5) is 0 Å². The van der Waals surface area contributed by atoms with Gasteiger partial charge in [-0.1, -0.05) is 42.5 Å². The van der Waals surface area contributed by atoms with Crippen molar-refractivity contribution in [3.63, 3.8) is 0 Å². The number of rotatable bonds is 5. The van der Waals surface area contributed by atoms with Gasteiger partial charge in [0.05, 0.1) is 26.9 Å². The Kier molecular flexibility index (Phi) is 4.64. The van der Waals surface area contributed by atoms with Gasteiger partial charge >= 0.3 is 0 Å². The highest BCUT2D eigenvalue weighted by Crippen LogP contribution is 2.67. The van der Waals surface area contributed by atoms with Crippen LogP contribution in [0.1, 0.15) is 29.0 Å². The molecule has 0 radical (unpaired) electrons. The number of methoxy groups -OCH3 is 3. The second kappa shape index (κ2) is 7.28. The number of benzene rings is 3. The molecule has 1 N–H and O–H groups in total. The molecule has 0 unspecified atom stereocenters. The lowest BCUT2D eigenvalue weighted by Crippen LogP contribution is -2.50. The minimum absolute atomic E-state index is 0.126. The molecule has 1 aliphatic heterocycles. The van der Waals surface area contributed by atoms with Gasteiger partial charge in [0.1, 0.15) is 23.0 Å². The molecule has 1 heterocycles. The summed E-state index contributed by atoms with van der Waals surface area (Å²) in [4.78, 5) is 13.6. The zero-order chi connectivity index (χ0) is 22.5. The van der Waals surface area contributed by atoms with Crippen LogP contribution in [0.5, 0.6) is 23.0 Å². The van der Waals surface area contributed by atoms with Crippen molar-refractivity contribution >= 4 is 5.78 Å². The number of hydrogen-bond acceptors (Lipinski definition) is 6. The monoisotopic (exact) mass is 432 g/mol. The number of carbonyl (C=O) groups is 1. The van der Waals surface area contributed by atoms with E-state index in [-0.39, 0.29) is 12.2 Å². The van der Waals surface area contributed by atoms with E-state index in [0.717, 1.165) is 5.56 Å². The van der Waals surface area contributed by atoms with Crippen molar-refractivity contribution in [1.29, 1.82) is 0 Å². The van der Waals surface area contributed by atoms with Crippen molar-refractivity contribution in [2.45, 2.75) is 23.5 Å². The second-order valence-corrected chi connectivity index (χ2v) is 8.07. The molecule has 2 aliphatic rings. The predicted octanol–water partition coefficient (Wildman–Crippen LogP) is 3.94. The van der Waals surface area contributed by atoms with Gasteiger partial charge in [-0.3, -0.25) is 4.79 Å². The van der Waals surface area contributed by atoms with Gasteiger partial charge in [0.25, 0.3) is 0 Å². The first-order valence-electron chi connectivity index (χ1n) is 10.4. The molecular formula is C26H24O6. The van der Waals surface area contributed by atoms with Crippen LogP contribution in [0.25, 0.3) is 0 Å². The summed E-state index contributed by atoms with van der Waals surface area (Å²) >= 11 is 0. The molecule has 3 atom stereocenters. The zero-order valence-electron chi connectivity index (χ0n) is 18.1. The van der Waals surface area contributed by atoms with Gasteiger partial charge in [-0.2, -0.15) is 0 Å². The number of carbonyl (C=O) groups excluding carboxylic acids is 1. The molecule has 0 saturated heterocycles. The van der Waals surface area contributed by atoms with E-state index < -0.39 is 17.1 Å². The normalized spacial score (nSPS) is 25.6. The molecule has 3 aromatic carbocycles. The van der Waals surface area contributed by atoms with E-state index in [0.29, 0.717) is 34.1 Å². The summed E-state index contributed by atoms with van der Waals surface area (Å²) in [7, 11) is 4.64. The van der Waals surface area contributed by atoms with Gasteiger partial charge in [0, 0.05) is 30.0 Å². The molecule has 1 saturated carbocycles. The van der Waals surface area contributed by atoms with Gasteiger partial charge < -0.3 is 24.1 Å². The van der Waals surface area contributed by atoms with Crippen molar-refractivity contribution in [3.05, 3.63) is 83.4 Å². The van der Waals surface area contributed by atoms with Crippen molar-refractivity contribution < 1.29 is 28.8 Å². The van der Waals surface area contributed by atoms with Crippen LogP contribution in [0.15, 0.2) is 66.7 Å². The molecule has 0 spiro atoms. The zero-order valence-corrected chi connectivity index (χ0v) is 18.1. The summed E-state index contributed by atoms with van der Waals surface area (Å²) in [5.41, 5.74) is -1.39. The molecule has 32 heavy (non-hydrogen) atoms. The summed E-state index contributed by atoms with van der Waals surface area (Å²) in [6.07, 6.45) is 0.126. The minimum Gasteiger partial charge on any atom is -0.497 e. The van der Waals surface area contributed by atoms with Crippen molar-refractivity contribution in [2.75, 3.05) is 21.3 Å². The predicted molar refractivity (Wildman–Crippen MR) is 118 cm³/mol. The topological polar surface area (TPSA) is 74.2 Å². The number of fused-ring (bicyclic) bond motifs is 3. The lowest BCUT2D eigenvalue weighted by molar-refractivity contribution is -0.151. The minimum atomic E-state index is -1.94.